The van der Waals surface area contributed by atoms with E-state index in [4.69, 9.17) is 4.55 Å². The highest BCUT2D eigenvalue weighted by atomic mass is 32.2. The fraction of sp³-hybridized carbons (Fsp3) is 1.00. The maximum absolute atomic E-state index is 10.8. The zero-order valence-electron chi connectivity index (χ0n) is 7.97. The minimum Gasteiger partial charge on any atom is -0.306 e. The van der Waals surface area contributed by atoms with Crippen molar-refractivity contribution < 1.29 is 8.76 Å². The molecule has 0 aromatic rings. The van der Waals surface area contributed by atoms with Gasteiger partial charge in [0, 0.05) is 0 Å². The van der Waals surface area contributed by atoms with Crippen LogP contribution in [0.2, 0.25) is 0 Å². The van der Waals surface area contributed by atoms with Crippen LogP contribution >= 0.6 is 0 Å². The third-order valence-corrected chi connectivity index (χ3v) is 2.52. The molecule has 68 valence electrons. The van der Waals surface area contributed by atoms with Crippen LogP contribution in [0.3, 0.4) is 0 Å². The smallest absolute Gasteiger partial charge is 0.158 e. The third kappa shape index (κ3) is 4.53. The summed E-state index contributed by atoms with van der Waals surface area (Å²) in [6.07, 6.45) is 0.753. The lowest BCUT2D eigenvalue weighted by Gasteiger charge is -2.28. The van der Waals surface area contributed by atoms with E-state index in [1.807, 2.05) is 13.8 Å². The first-order valence-electron chi connectivity index (χ1n) is 3.76. The Morgan fingerprint density at radius 2 is 1.55 bits per heavy atom. The van der Waals surface area contributed by atoms with Crippen molar-refractivity contribution in [1.82, 2.24) is 0 Å². The molecule has 0 aliphatic rings. The van der Waals surface area contributed by atoms with Gasteiger partial charge in [-0.25, -0.2) is 4.21 Å². The lowest BCUT2D eigenvalue weighted by molar-refractivity contribution is 0.326. The third-order valence-electron chi connectivity index (χ3n) is 1.43. The molecule has 0 aliphatic carbocycles. The summed E-state index contributed by atoms with van der Waals surface area (Å²) in [6, 6.07) is 0. The molecule has 0 aromatic carbocycles. The second kappa shape index (κ2) is 3.23. The molecule has 0 heterocycles. The van der Waals surface area contributed by atoms with Gasteiger partial charge in [-0.3, -0.25) is 0 Å². The summed E-state index contributed by atoms with van der Waals surface area (Å²) in [5.74, 6) is 0. The molecule has 1 atom stereocenters. The van der Waals surface area contributed by atoms with Gasteiger partial charge in [-0.1, -0.05) is 20.8 Å². The van der Waals surface area contributed by atoms with Crippen LogP contribution in [0.5, 0.6) is 0 Å². The monoisotopic (exact) mass is 178 g/mol. The normalized spacial score (nSPS) is 16.5. The van der Waals surface area contributed by atoms with Crippen LogP contribution in [0.25, 0.3) is 0 Å². The molecule has 0 aromatic heterocycles. The predicted octanol–water partition coefficient (Wildman–Crippen LogP) is 2.42. The Kier molecular flexibility index (Phi) is 3.27. The van der Waals surface area contributed by atoms with E-state index in [2.05, 4.69) is 20.8 Å². The van der Waals surface area contributed by atoms with Gasteiger partial charge in [-0.05, 0) is 25.7 Å². The van der Waals surface area contributed by atoms with Crippen molar-refractivity contribution in [3.8, 4) is 0 Å². The lowest BCUT2D eigenvalue weighted by atomic mass is 9.86. The van der Waals surface area contributed by atoms with E-state index in [0.29, 0.717) is 0 Å². The standard InChI is InChI=1S/C8H18O2S/c1-7(2,3)6-8(4,5)11(9)10/h6H2,1-5H3,(H,9,10). The molecule has 2 nitrogen and oxygen atoms in total. The van der Waals surface area contributed by atoms with Gasteiger partial charge in [0.25, 0.3) is 0 Å². The topological polar surface area (TPSA) is 37.3 Å². The van der Waals surface area contributed by atoms with Crippen molar-refractivity contribution in [2.45, 2.75) is 45.8 Å². The van der Waals surface area contributed by atoms with Crippen molar-refractivity contribution in [2.75, 3.05) is 0 Å². The highest BCUT2D eigenvalue weighted by molar-refractivity contribution is 7.80. The summed E-state index contributed by atoms with van der Waals surface area (Å²) >= 11 is -1.72. The number of hydrogen-bond donors (Lipinski definition) is 1. The number of rotatable bonds is 2. The molecule has 1 unspecified atom stereocenters. The SMILES string of the molecule is CC(C)(C)CC(C)(C)S(=O)O. The maximum Gasteiger partial charge on any atom is 0.158 e. The van der Waals surface area contributed by atoms with Crippen LogP contribution in [0.1, 0.15) is 41.0 Å². The molecule has 0 saturated carbocycles. The molecule has 0 bridgehead atoms. The Labute approximate surface area is 71.7 Å². The molecule has 0 saturated heterocycles. The molecular weight excluding hydrogens is 160 g/mol. The van der Waals surface area contributed by atoms with Crippen molar-refractivity contribution >= 4 is 11.1 Å². The summed E-state index contributed by atoms with van der Waals surface area (Å²) in [5, 5.41) is 0. The molecule has 3 heteroatoms. The zero-order valence-corrected chi connectivity index (χ0v) is 8.79. The molecule has 11 heavy (non-hydrogen) atoms. The van der Waals surface area contributed by atoms with Crippen LogP contribution in [0, 0.1) is 5.41 Å². The Morgan fingerprint density at radius 1 is 1.18 bits per heavy atom. The van der Waals surface area contributed by atoms with Crippen LogP contribution in [0.4, 0.5) is 0 Å². The van der Waals surface area contributed by atoms with Gasteiger partial charge >= 0.3 is 0 Å². The Balaban J connectivity index is 4.25. The second-order valence-corrected chi connectivity index (χ2v) is 6.35. The van der Waals surface area contributed by atoms with Gasteiger partial charge in [0.1, 0.15) is 0 Å². The van der Waals surface area contributed by atoms with E-state index in [-0.39, 0.29) is 5.41 Å². The van der Waals surface area contributed by atoms with E-state index in [1.54, 1.807) is 0 Å². The first-order valence-corrected chi connectivity index (χ1v) is 4.87. The summed E-state index contributed by atoms with van der Waals surface area (Å²) < 4.78 is 19.2. The molecule has 1 N–H and O–H groups in total. The van der Waals surface area contributed by atoms with Gasteiger partial charge in [0.2, 0.25) is 0 Å². The van der Waals surface area contributed by atoms with Gasteiger partial charge in [0.05, 0.1) is 4.75 Å². The second-order valence-electron chi connectivity index (χ2n) is 4.75. The van der Waals surface area contributed by atoms with Crippen LogP contribution in [-0.2, 0) is 11.1 Å². The molecule has 0 aliphatic heterocycles. The largest absolute Gasteiger partial charge is 0.306 e. The lowest BCUT2D eigenvalue weighted by Crippen LogP contribution is -2.31. The van der Waals surface area contributed by atoms with Crippen LogP contribution in [0.15, 0.2) is 0 Å². The van der Waals surface area contributed by atoms with Gasteiger partial charge in [-0.15, -0.1) is 0 Å². The Hall–Kier alpha value is 0.110. The minimum atomic E-state index is -1.72. The summed E-state index contributed by atoms with van der Waals surface area (Å²) in [4.78, 5) is 0. The first kappa shape index (κ1) is 11.1. The molecular formula is C8H18O2S. The van der Waals surface area contributed by atoms with E-state index in [9.17, 15) is 4.21 Å². The van der Waals surface area contributed by atoms with E-state index >= 15 is 0 Å². The highest BCUT2D eigenvalue weighted by Crippen LogP contribution is 2.29. The molecule has 0 amide bonds. The summed E-state index contributed by atoms with van der Waals surface area (Å²) in [7, 11) is 0. The van der Waals surface area contributed by atoms with Gasteiger partial charge in [0.15, 0.2) is 11.1 Å². The van der Waals surface area contributed by atoms with Crippen molar-refractivity contribution in [1.29, 1.82) is 0 Å². The van der Waals surface area contributed by atoms with E-state index in [1.165, 1.54) is 0 Å². The van der Waals surface area contributed by atoms with Crippen molar-refractivity contribution in [3.63, 3.8) is 0 Å². The molecule has 0 radical (unpaired) electrons. The highest BCUT2D eigenvalue weighted by Gasteiger charge is 2.30. The predicted molar refractivity (Wildman–Crippen MR) is 48.9 cm³/mol. The Morgan fingerprint density at radius 3 is 1.64 bits per heavy atom. The minimum absolute atomic E-state index is 0.113. The average molecular weight is 178 g/mol. The van der Waals surface area contributed by atoms with Crippen LogP contribution in [-0.4, -0.2) is 13.5 Å². The van der Waals surface area contributed by atoms with E-state index < -0.39 is 15.8 Å². The molecule has 0 fully saturated rings. The maximum atomic E-state index is 10.8. The average Bonchev–Trinajstić information content (AvgIpc) is 1.56. The molecule has 0 spiro atoms. The van der Waals surface area contributed by atoms with E-state index in [0.717, 1.165) is 6.42 Å². The number of hydrogen-bond acceptors (Lipinski definition) is 1. The van der Waals surface area contributed by atoms with Gasteiger partial charge in [-0.2, -0.15) is 0 Å². The first-order chi connectivity index (χ1) is 4.65. The van der Waals surface area contributed by atoms with Gasteiger partial charge < -0.3 is 4.55 Å². The van der Waals surface area contributed by atoms with Crippen molar-refractivity contribution in [2.24, 2.45) is 5.41 Å². The molecule has 0 rings (SSSR count). The van der Waals surface area contributed by atoms with Crippen molar-refractivity contribution in [3.05, 3.63) is 0 Å². The zero-order chi connectivity index (χ0) is 9.28. The fourth-order valence-corrected chi connectivity index (χ4v) is 1.90. The summed E-state index contributed by atoms with van der Waals surface area (Å²) in [6.45, 7) is 9.84. The quantitative estimate of drug-likeness (QED) is 0.659. The summed E-state index contributed by atoms with van der Waals surface area (Å²) in [5.41, 5.74) is 0.113. The Bertz CT molecular complexity index is 156. The van der Waals surface area contributed by atoms with Crippen LogP contribution < -0.4 is 0 Å². The fourth-order valence-electron chi connectivity index (χ4n) is 1.34.